The van der Waals surface area contributed by atoms with Gasteiger partial charge in [0.25, 0.3) is 15.9 Å². The van der Waals surface area contributed by atoms with E-state index in [0.29, 0.717) is 5.69 Å². The van der Waals surface area contributed by atoms with E-state index in [-0.39, 0.29) is 21.3 Å². The molecule has 1 heterocycles. The van der Waals surface area contributed by atoms with E-state index in [1.54, 1.807) is 0 Å². The van der Waals surface area contributed by atoms with E-state index in [1.807, 2.05) is 0 Å². The second-order valence-electron chi connectivity index (χ2n) is 4.12. The van der Waals surface area contributed by atoms with Gasteiger partial charge in [0.05, 0.1) is 15.6 Å². The number of benzene rings is 1. The summed E-state index contributed by atoms with van der Waals surface area (Å²) in [4.78, 5) is 10.9. The average molecular weight is 333 g/mol. The number of carbonyl (C=O) groups excluding carboxylic acids is 1. The highest BCUT2D eigenvalue weighted by Gasteiger charge is 2.22. The van der Waals surface area contributed by atoms with Crippen LogP contribution in [0.3, 0.4) is 0 Å². The number of aryl methyl sites for hydroxylation is 1. The number of hydrogen-bond acceptors (Lipinski definition) is 4. The third-order valence-electron chi connectivity index (χ3n) is 2.62. The number of aromatic amines is 1. The fraction of sp³-hybridized carbons (Fsp3) is 0.0909. The van der Waals surface area contributed by atoms with Crippen molar-refractivity contribution >= 4 is 33.2 Å². The largest absolute Gasteiger partial charge is 0.364 e. The fourth-order valence-corrected chi connectivity index (χ4v) is 2.97. The lowest BCUT2D eigenvalue weighted by Gasteiger charge is -2.08. The van der Waals surface area contributed by atoms with Crippen LogP contribution in [-0.2, 0) is 10.0 Å². The van der Waals surface area contributed by atoms with E-state index in [9.17, 15) is 17.6 Å². The Bertz CT molecular complexity index is 819. The monoisotopic (exact) mass is 332 g/mol. The molecule has 0 fully saturated rings. The quantitative estimate of drug-likeness (QED) is 0.784. The molecule has 0 saturated heterocycles. The molecule has 1 aromatic heterocycles. The Morgan fingerprint density at radius 1 is 1.48 bits per heavy atom. The number of nitrogens with one attached hydrogen (secondary N) is 2. The maximum atomic E-state index is 13.1. The van der Waals surface area contributed by atoms with Gasteiger partial charge >= 0.3 is 0 Å². The predicted octanol–water partition coefficient (Wildman–Crippen LogP) is 1.41. The molecule has 0 aliphatic heterocycles. The van der Waals surface area contributed by atoms with Gasteiger partial charge in [-0.05, 0) is 25.1 Å². The summed E-state index contributed by atoms with van der Waals surface area (Å²) in [7, 11) is -4.07. The maximum Gasteiger partial charge on any atom is 0.271 e. The van der Waals surface area contributed by atoms with Crippen molar-refractivity contribution in [1.29, 1.82) is 0 Å². The molecule has 0 saturated carbocycles. The Balaban J connectivity index is 2.44. The number of hydrogen-bond donors (Lipinski definition) is 3. The Labute approximate surface area is 124 Å². The summed E-state index contributed by atoms with van der Waals surface area (Å²) in [5.41, 5.74) is 5.10. The van der Waals surface area contributed by atoms with Gasteiger partial charge in [-0.15, -0.1) is 0 Å². The van der Waals surface area contributed by atoms with E-state index in [2.05, 4.69) is 14.9 Å². The summed E-state index contributed by atoms with van der Waals surface area (Å²) in [5, 5.41) is 5.73. The number of primary amides is 1. The zero-order valence-corrected chi connectivity index (χ0v) is 12.2. The molecule has 21 heavy (non-hydrogen) atoms. The average Bonchev–Trinajstić information content (AvgIpc) is 2.74. The lowest BCUT2D eigenvalue weighted by atomic mass is 10.3. The zero-order valence-electron chi connectivity index (χ0n) is 10.6. The molecule has 10 heteroatoms. The second kappa shape index (κ2) is 5.34. The first-order valence-electron chi connectivity index (χ1n) is 5.55. The highest BCUT2D eigenvalue weighted by Crippen LogP contribution is 2.24. The molecule has 0 atom stereocenters. The lowest BCUT2D eigenvalue weighted by Crippen LogP contribution is -2.18. The van der Waals surface area contributed by atoms with Gasteiger partial charge in [-0.3, -0.25) is 14.6 Å². The van der Waals surface area contributed by atoms with Crippen molar-refractivity contribution in [1.82, 2.24) is 10.2 Å². The Morgan fingerprint density at radius 2 is 2.14 bits per heavy atom. The SMILES string of the molecule is Cc1[nH]nc(C(N)=O)c1NS(=O)(=O)c1ccc(F)c(Cl)c1. The first-order valence-corrected chi connectivity index (χ1v) is 7.41. The number of nitrogens with zero attached hydrogens (tertiary/aromatic N) is 1. The van der Waals surface area contributed by atoms with Crippen LogP contribution >= 0.6 is 11.6 Å². The highest BCUT2D eigenvalue weighted by molar-refractivity contribution is 7.92. The molecule has 2 rings (SSSR count). The van der Waals surface area contributed by atoms with E-state index in [0.717, 1.165) is 18.2 Å². The van der Waals surface area contributed by atoms with Crippen LogP contribution in [0.5, 0.6) is 0 Å². The molecule has 0 aliphatic carbocycles. The molecule has 0 bridgehead atoms. The topological polar surface area (TPSA) is 118 Å². The third kappa shape index (κ3) is 2.98. The summed E-state index contributed by atoms with van der Waals surface area (Å²) >= 11 is 5.55. The third-order valence-corrected chi connectivity index (χ3v) is 4.26. The molecular weight excluding hydrogens is 323 g/mol. The van der Waals surface area contributed by atoms with Crippen molar-refractivity contribution in [2.45, 2.75) is 11.8 Å². The highest BCUT2D eigenvalue weighted by atomic mass is 35.5. The van der Waals surface area contributed by atoms with Gasteiger partial charge in [0.1, 0.15) is 11.5 Å². The number of carbonyl (C=O) groups is 1. The summed E-state index contributed by atoms with van der Waals surface area (Å²) in [6.45, 7) is 1.51. The summed E-state index contributed by atoms with van der Waals surface area (Å²) in [5.74, 6) is -1.64. The molecule has 0 spiro atoms. The first kappa shape index (κ1) is 15.3. The number of amides is 1. The number of halogens is 2. The fourth-order valence-electron chi connectivity index (χ4n) is 1.57. The molecule has 0 aliphatic rings. The second-order valence-corrected chi connectivity index (χ2v) is 6.21. The number of nitrogens with two attached hydrogens (primary N) is 1. The molecule has 0 radical (unpaired) electrons. The number of rotatable bonds is 4. The molecule has 4 N–H and O–H groups in total. The van der Waals surface area contributed by atoms with Crippen molar-refractivity contribution in [3.05, 3.63) is 40.4 Å². The van der Waals surface area contributed by atoms with Crippen molar-refractivity contribution in [2.24, 2.45) is 5.73 Å². The van der Waals surface area contributed by atoms with Crippen molar-refractivity contribution < 1.29 is 17.6 Å². The van der Waals surface area contributed by atoms with Crippen LogP contribution < -0.4 is 10.5 Å². The summed E-state index contributed by atoms with van der Waals surface area (Å²) < 4.78 is 39.7. The van der Waals surface area contributed by atoms with Crippen LogP contribution in [0, 0.1) is 12.7 Å². The summed E-state index contributed by atoms with van der Waals surface area (Å²) in [6.07, 6.45) is 0. The van der Waals surface area contributed by atoms with Gasteiger partial charge in [0.2, 0.25) is 0 Å². The minimum atomic E-state index is -4.07. The van der Waals surface area contributed by atoms with Crippen LogP contribution in [0.4, 0.5) is 10.1 Å². The van der Waals surface area contributed by atoms with Gasteiger partial charge in [-0.2, -0.15) is 5.10 Å². The molecule has 1 aromatic carbocycles. The van der Waals surface area contributed by atoms with Crippen LogP contribution in [0.25, 0.3) is 0 Å². The van der Waals surface area contributed by atoms with E-state index < -0.39 is 21.7 Å². The Morgan fingerprint density at radius 3 is 2.71 bits per heavy atom. The lowest BCUT2D eigenvalue weighted by molar-refractivity contribution is 0.0996. The molecule has 0 unspecified atom stereocenters. The van der Waals surface area contributed by atoms with Gasteiger partial charge in [0.15, 0.2) is 5.69 Å². The van der Waals surface area contributed by atoms with Crippen LogP contribution in [0.15, 0.2) is 23.1 Å². The summed E-state index contributed by atoms with van der Waals surface area (Å²) in [6, 6.07) is 2.93. The Hall–Kier alpha value is -2.13. The molecule has 1 amide bonds. The van der Waals surface area contributed by atoms with Gasteiger partial charge in [-0.1, -0.05) is 11.6 Å². The first-order chi connectivity index (χ1) is 9.72. The van der Waals surface area contributed by atoms with Crippen LogP contribution in [0.2, 0.25) is 5.02 Å². The smallest absolute Gasteiger partial charge is 0.271 e. The number of aromatic nitrogens is 2. The van der Waals surface area contributed by atoms with Crippen molar-refractivity contribution in [2.75, 3.05) is 4.72 Å². The normalized spacial score (nSPS) is 11.4. The van der Waals surface area contributed by atoms with Gasteiger partial charge in [-0.25, -0.2) is 12.8 Å². The molecule has 112 valence electrons. The minimum absolute atomic E-state index is 0.0667. The molecule has 2 aromatic rings. The van der Waals surface area contributed by atoms with Crippen LogP contribution in [0.1, 0.15) is 16.2 Å². The number of sulfonamides is 1. The zero-order chi connectivity index (χ0) is 15.8. The maximum absolute atomic E-state index is 13.1. The van der Waals surface area contributed by atoms with E-state index >= 15 is 0 Å². The number of anilines is 1. The van der Waals surface area contributed by atoms with Crippen molar-refractivity contribution in [3.63, 3.8) is 0 Å². The van der Waals surface area contributed by atoms with Crippen molar-refractivity contribution in [3.8, 4) is 0 Å². The predicted molar refractivity (Wildman–Crippen MR) is 74.1 cm³/mol. The van der Waals surface area contributed by atoms with E-state index in [4.69, 9.17) is 17.3 Å². The van der Waals surface area contributed by atoms with Crippen LogP contribution in [-0.4, -0.2) is 24.5 Å². The van der Waals surface area contributed by atoms with Gasteiger partial charge in [0, 0.05) is 0 Å². The number of H-pyrrole nitrogens is 1. The van der Waals surface area contributed by atoms with Gasteiger partial charge < -0.3 is 5.73 Å². The standard InChI is InChI=1S/C11H10ClFN4O3S/c1-5-9(10(11(14)18)16-15-5)17-21(19,20)6-2-3-8(13)7(12)4-6/h2-4,17H,1H3,(H2,14,18)(H,15,16). The van der Waals surface area contributed by atoms with E-state index in [1.165, 1.54) is 6.92 Å². The molecule has 7 nitrogen and oxygen atoms in total. The Kier molecular flexibility index (Phi) is 3.88. The molecular formula is C11H10ClFN4O3S. The minimum Gasteiger partial charge on any atom is -0.364 e.